The van der Waals surface area contributed by atoms with E-state index in [9.17, 15) is 18.0 Å². The maximum Gasteiger partial charge on any atom is 0.416 e. The van der Waals surface area contributed by atoms with Crippen LogP contribution in [-0.4, -0.2) is 22.2 Å². The highest BCUT2D eigenvalue weighted by atomic mass is 19.4. The molecular weight excluding hydrogens is 337 g/mol. The number of carbonyl (C=O) groups excluding carboxylic acids is 1. The largest absolute Gasteiger partial charge is 0.416 e. The first-order valence-corrected chi connectivity index (χ1v) is 7.80. The van der Waals surface area contributed by atoms with Gasteiger partial charge in [-0.15, -0.1) is 0 Å². The van der Waals surface area contributed by atoms with Crippen LogP contribution in [0.25, 0.3) is 0 Å². The Morgan fingerprint density at radius 3 is 2.56 bits per heavy atom. The number of nitrogens with zero attached hydrogens (tertiary/aromatic N) is 2. The molecule has 6 nitrogen and oxygen atoms in total. The Balaban J connectivity index is 1.76. The summed E-state index contributed by atoms with van der Waals surface area (Å²) in [5.74, 6) is 0.187. The van der Waals surface area contributed by atoms with E-state index in [0.29, 0.717) is 11.4 Å². The van der Waals surface area contributed by atoms with E-state index in [2.05, 4.69) is 20.8 Å². The van der Waals surface area contributed by atoms with Gasteiger partial charge < -0.3 is 9.84 Å². The van der Waals surface area contributed by atoms with E-state index >= 15 is 0 Å². The fraction of sp³-hybridized carbons (Fsp3) is 0.438. The van der Waals surface area contributed by atoms with Crippen molar-refractivity contribution in [1.82, 2.24) is 20.8 Å². The minimum absolute atomic E-state index is 0.119. The van der Waals surface area contributed by atoms with E-state index in [1.54, 1.807) is 13.8 Å². The summed E-state index contributed by atoms with van der Waals surface area (Å²) in [4.78, 5) is 15.9. The van der Waals surface area contributed by atoms with Crippen molar-refractivity contribution in [1.29, 1.82) is 0 Å². The van der Waals surface area contributed by atoms with E-state index in [0.717, 1.165) is 12.1 Å². The van der Waals surface area contributed by atoms with Gasteiger partial charge in [0.05, 0.1) is 24.2 Å². The summed E-state index contributed by atoms with van der Waals surface area (Å²) < 4.78 is 43.1. The molecule has 134 valence electrons. The van der Waals surface area contributed by atoms with Crippen LogP contribution in [0.1, 0.15) is 55.1 Å². The van der Waals surface area contributed by atoms with Crippen LogP contribution in [0.4, 0.5) is 13.2 Å². The fourth-order valence-corrected chi connectivity index (χ4v) is 2.72. The van der Waals surface area contributed by atoms with E-state index in [1.807, 2.05) is 0 Å². The molecule has 1 aromatic heterocycles. The Morgan fingerprint density at radius 2 is 1.96 bits per heavy atom. The molecule has 1 aromatic carbocycles. The summed E-state index contributed by atoms with van der Waals surface area (Å²) in [5.41, 5.74) is -0.0632. The molecule has 1 fully saturated rings. The summed E-state index contributed by atoms with van der Waals surface area (Å²) in [6, 6.07) is 4.48. The van der Waals surface area contributed by atoms with Crippen LogP contribution in [0.2, 0.25) is 0 Å². The van der Waals surface area contributed by atoms with Crippen LogP contribution >= 0.6 is 0 Å². The van der Waals surface area contributed by atoms with Crippen molar-refractivity contribution in [3.05, 3.63) is 47.1 Å². The zero-order valence-electron chi connectivity index (χ0n) is 13.6. The lowest BCUT2D eigenvalue weighted by Gasteiger charge is -2.26. The highest BCUT2D eigenvalue weighted by Gasteiger charge is 2.31. The van der Waals surface area contributed by atoms with Gasteiger partial charge in [0.15, 0.2) is 5.82 Å². The van der Waals surface area contributed by atoms with Crippen molar-refractivity contribution in [3.63, 3.8) is 0 Å². The van der Waals surface area contributed by atoms with Gasteiger partial charge >= 0.3 is 6.18 Å². The van der Waals surface area contributed by atoms with E-state index < -0.39 is 11.7 Å². The molecular formula is C16H17F3N4O2. The fourth-order valence-electron chi connectivity index (χ4n) is 2.72. The number of rotatable bonds is 3. The standard InChI is InChI=1S/C16H17F3N4O2/c1-8(10-3-5-11(6-4-10)16(17,18)19)14-22-15(25-23-14)12-7-13(24)21-9(2)20-12/h3-6,8-9,12,20H,7H2,1-2H3,(H,21,24). The SMILES string of the molecule is CC1NC(=O)CC(c2nc(C(C)c3ccc(C(F)(F)F)cc3)no2)N1. The number of hydrogen-bond donors (Lipinski definition) is 2. The molecule has 0 saturated carbocycles. The van der Waals surface area contributed by atoms with Crippen LogP contribution in [-0.2, 0) is 11.0 Å². The second-order valence-electron chi connectivity index (χ2n) is 6.04. The minimum Gasteiger partial charge on any atom is -0.341 e. The Bertz CT molecular complexity index is 757. The van der Waals surface area contributed by atoms with Crippen molar-refractivity contribution < 1.29 is 22.5 Å². The van der Waals surface area contributed by atoms with Gasteiger partial charge in [-0.25, -0.2) is 0 Å². The Kier molecular flexibility index (Phi) is 4.51. The van der Waals surface area contributed by atoms with Gasteiger partial charge in [0.25, 0.3) is 0 Å². The third kappa shape index (κ3) is 3.81. The summed E-state index contributed by atoms with van der Waals surface area (Å²) >= 11 is 0. The van der Waals surface area contributed by atoms with Gasteiger partial charge in [-0.05, 0) is 24.6 Å². The lowest BCUT2D eigenvalue weighted by molar-refractivity contribution is -0.137. The number of benzene rings is 1. The summed E-state index contributed by atoms with van der Waals surface area (Å²) in [6.07, 6.45) is -4.40. The predicted octanol–water partition coefficient (Wildman–Crippen LogP) is 2.74. The number of hydrogen-bond acceptors (Lipinski definition) is 5. The van der Waals surface area contributed by atoms with Crippen molar-refractivity contribution in [2.24, 2.45) is 0 Å². The zero-order chi connectivity index (χ0) is 18.2. The topological polar surface area (TPSA) is 80.1 Å². The molecule has 1 amide bonds. The van der Waals surface area contributed by atoms with Gasteiger partial charge in [0.2, 0.25) is 11.8 Å². The van der Waals surface area contributed by atoms with E-state index in [4.69, 9.17) is 4.52 Å². The number of carbonyl (C=O) groups is 1. The van der Waals surface area contributed by atoms with E-state index in [1.165, 1.54) is 12.1 Å². The molecule has 0 bridgehead atoms. The van der Waals surface area contributed by atoms with Crippen LogP contribution in [0, 0.1) is 0 Å². The first-order chi connectivity index (χ1) is 11.7. The number of halogens is 3. The molecule has 0 radical (unpaired) electrons. The molecule has 25 heavy (non-hydrogen) atoms. The summed E-state index contributed by atoms with van der Waals surface area (Å²) in [5, 5.41) is 9.75. The summed E-state index contributed by atoms with van der Waals surface area (Å²) in [6.45, 7) is 3.58. The van der Waals surface area contributed by atoms with Gasteiger partial charge in [-0.2, -0.15) is 18.2 Å². The third-order valence-electron chi connectivity index (χ3n) is 4.10. The smallest absolute Gasteiger partial charge is 0.341 e. The van der Waals surface area contributed by atoms with Crippen molar-refractivity contribution in [2.75, 3.05) is 0 Å². The normalized spacial score (nSPS) is 22.5. The lowest BCUT2D eigenvalue weighted by Crippen LogP contribution is -2.51. The molecule has 0 aliphatic carbocycles. The average molecular weight is 354 g/mol. The molecule has 3 unspecified atom stereocenters. The maximum absolute atomic E-state index is 12.6. The number of aromatic nitrogens is 2. The Hall–Kier alpha value is -2.42. The molecule has 2 N–H and O–H groups in total. The lowest BCUT2D eigenvalue weighted by atomic mass is 9.99. The second kappa shape index (κ2) is 6.47. The molecule has 2 heterocycles. The van der Waals surface area contributed by atoms with Crippen molar-refractivity contribution >= 4 is 5.91 Å². The third-order valence-corrected chi connectivity index (χ3v) is 4.10. The number of alkyl halides is 3. The predicted molar refractivity (Wildman–Crippen MR) is 81.4 cm³/mol. The highest BCUT2D eigenvalue weighted by Crippen LogP contribution is 2.31. The van der Waals surface area contributed by atoms with Gasteiger partial charge in [-0.1, -0.05) is 24.2 Å². The quantitative estimate of drug-likeness (QED) is 0.886. The summed E-state index contributed by atoms with van der Waals surface area (Å²) in [7, 11) is 0. The van der Waals surface area contributed by atoms with Crippen LogP contribution < -0.4 is 10.6 Å². The van der Waals surface area contributed by atoms with Crippen LogP contribution in [0.3, 0.4) is 0 Å². The molecule has 3 rings (SSSR count). The number of nitrogens with one attached hydrogen (secondary N) is 2. The second-order valence-corrected chi connectivity index (χ2v) is 6.04. The molecule has 1 saturated heterocycles. The minimum atomic E-state index is -4.37. The van der Waals surface area contributed by atoms with Crippen LogP contribution in [0.5, 0.6) is 0 Å². The highest BCUT2D eigenvalue weighted by molar-refractivity contribution is 5.77. The first kappa shape index (κ1) is 17.4. The zero-order valence-corrected chi connectivity index (χ0v) is 13.6. The molecule has 0 spiro atoms. The Morgan fingerprint density at radius 1 is 1.28 bits per heavy atom. The Labute approximate surface area is 141 Å². The molecule has 1 aliphatic heterocycles. The number of amides is 1. The van der Waals surface area contributed by atoms with Gasteiger partial charge in [0.1, 0.15) is 0 Å². The molecule has 2 aromatic rings. The molecule has 1 aliphatic rings. The van der Waals surface area contributed by atoms with E-state index in [-0.39, 0.29) is 36.3 Å². The van der Waals surface area contributed by atoms with Gasteiger partial charge in [-0.3, -0.25) is 10.1 Å². The van der Waals surface area contributed by atoms with Crippen molar-refractivity contribution in [2.45, 2.75) is 44.6 Å². The van der Waals surface area contributed by atoms with Crippen molar-refractivity contribution in [3.8, 4) is 0 Å². The monoisotopic (exact) mass is 354 g/mol. The molecule has 9 heteroatoms. The first-order valence-electron chi connectivity index (χ1n) is 7.80. The van der Waals surface area contributed by atoms with Gasteiger partial charge in [0, 0.05) is 5.92 Å². The maximum atomic E-state index is 12.6. The molecule has 3 atom stereocenters. The van der Waals surface area contributed by atoms with Crippen LogP contribution in [0.15, 0.2) is 28.8 Å². The average Bonchev–Trinajstić information content (AvgIpc) is 3.02.